The summed E-state index contributed by atoms with van der Waals surface area (Å²) in [5, 5.41) is 7.99. The van der Waals surface area contributed by atoms with Crippen molar-refractivity contribution in [3.05, 3.63) is 0 Å². The lowest BCUT2D eigenvalue weighted by Crippen LogP contribution is -2.30. The molecule has 3 heteroatoms. The second-order valence-corrected chi connectivity index (χ2v) is 3.02. The van der Waals surface area contributed by atoms with Gasteiger partial charge in [-0.1, -0.05) is 0 Å². The van der Waals surface area contributed by atoms with Crippen LogP contribution in [0.4, 0.5) is 0 Å². The summed E-state index contributed by atoms with van der Waals surface area (Å²) in [6.45, 7) is 0. The SMILES string of the molecule is NC1CCC2(CC1)N=N2. The van der Waals surface area contributed by atoms with E-state index in [-0.39, 0.29) is 5.66 Å². The van der Waals surface area contributed by atoms with Crippen molar-refractivity contribution in [3.8, 4) is 0 Å². The van der Waals surface area contributed by atoms with Gasteiger partial charge in [0, 0.05) is 6.04 Å². The number of nitrogens with zero attached hydrogens (tertiary/aromatic N) is 2. The lowest BCUT2D eigenvalue weighted by Gasteiger charge is -2.21. The zero-order chi connectivity index (χ0) is 6.32. The molecule has 0 unspecified atom stereocenters. The molecule has 0 aromatic carbocycles. The molecular weight excluding hydrogens is 114 g/mol. The maximum atomic E-state index is 5.70. The summed E-state index contributed by atoms with van der Waals surface area (Å²) in [4.78, 5) is 0. The molecule has 1 saturated carbocycles. The molecule has 9 heavy (non-hydrogen) atoms. The quantitative estimate of drug-likeness (QED) is 0.517. The molecule has 1 spiro atoms. The summed E-state index contributed by atoms with van der Waals surface area (Å²) in [5.74, 6) is 0. The summed E-state index contributed by atoms with van der Waals surface area (Å²) >= 11 is 0. The van der Waals surface area contributed by atoms with E-state index in [0.29, 0.717) is 6.04 Å². The highest BCUT2D eigenvalue weighted by Crippen LogP contribution is 2.41. The van der Waals surface area contributed by atoms with Gasteiger partial charge in [0.15, 0.2) is 5.66 Å². The van der Waals surface area contributed by atoms with Crippen molar-refractivity contribution in [3.63, 3.8) is 0 Å². The standard InChI is InChI=1S/C6H11N3/c7-5-1-3-6(4-2-5)8-9-6/h5H,1-4,7H2. The molecule has 2 rings (SSSR count). The summed E-state index contributed by atoms with van der Waals surface area (Å²) in [6, 6.07) is 0.418. The van der Waals surface area contributed by atoms with Crippen LogP contribution in [0.25, 0.3) is 0 Å². The second-order valence-electron chi connectivity index (χ2n) is 3.02. The van der Waals surface area contributed by atoms with Gasteiger partial charge in [0.05, 0.1) is 0 Å². The largest absolute Gasteiger partial charge is 0.328 e. The Bertz CT molecular complexity index is 136. The Hall–Kier alpha value is -0.440. The zero-order valence-corrected chi connectivity index (χ0v) is 5.38. The molecule has 2 aliphatic rings. The maximum Gasteiger partial charge on any atom is 0.191 e. The number of nitrogens with two attached hydrogens (primary N) is 1. The third-order valence-electron chi connectivity index (χ3n) is 2.21. The molecule has 1 fully saturated rings. The van der Waals surface area contributed by atoms with E-state index in [1.165, 1.54) is 0 Å². The fraction of sp³-hybridized carbons (Fsp3) is 1.00. The molecule has 3 nitrogen and oxygen atoms in total. The van der Waals surface area contributed by atoms with E-state index in [0.717, 1.165) is 25.7 Å². The van der Waals surface area contributed by atoms with Crippen molar-refractivity contribution in [2.24, 2.45) is 16.0 Å². The molecule has 1 aliphatic heterocycles. The van der Waals surface area contributed by atoms with E-state index in [2.05, 4.69) is 10.2 Å². The van der Waals surface area contributed by atoms with Gasteiger partial charge < -0.3 is 5.73 Å². The van der Waals surface area contributed by atoms with Crippen LogP contribution >= 0.6 is 0 Å². The van der Waals surface area contributed by atoms with Crippen molar-refractivity contribution in [1.29, 1.82) is 0 Å². The Morgan fingerprint density at radius 2 is 1.78 bits per heavy atom. The Balaban J connectivity index is 1.92. The average Bonchev–Trinajstić information content (AvgIpc) is 2.60. The van der Waals surface area contributed by atoms with Crippen molar-refractivity contribution < 1.29 is 0 Å². The smallest absolute Gasteiger partial charge is 0.191 e. The highest BCUT2D eigenvalue weighted by Gasteiger charge is 2.42. The molecule has 1 heterocycles. The minimum absolute atomic E-state index is 0.0792. The lowest BCUT2D eigenvalue weighted by atomic mass is 9.89. The molecule has 0 saturated heterocycles. The van der Waals surface area contributed by atoms with Gasteiger partial charge in [-0.3, -0.25) is 0 Å². The normalized spacial score (nSPS) is 31.2. The number of hydrogen-bond donors (Lipinski definition) is 1. The van der Waals surface area contributed by atoms with Gasteiger partial charge >= 0.3 is 0 Å². The van der Waals surface area contributed by atoms with Crippen LogP contribution in [0.5, 0.6) is 0 Å². The minimum Gasteiger partial charge on any atom is -0.328 e. The van der Waals surface area contributed by atoms with Gasteiger partial charge in [0.2, 0.25) is 0 Å². The van der Waals surface area contributed by atoms with Crippen molar-refractivity contribution in [2.45, 2.75) is 37.4 Å². The predicted molar refractivity (Wildman–Crippen MR) is 34.0 cm³/mol. The van der Waals surface area contributed by atoms with E-state index >= 15 is 0 Å². The van der Waals surface area contributed by atoms with E-state index in [4.69, 9.17) is 5.73 Å². The third-order valence-corrected chi connectivity index (χ3v) is 2.21. The predicted octanol–water partition coefficient (Wildman–Crippen LogP) is 1.05. The zero-order valence-electron chi connectivity index (χ0n) is 5.38. The van der Waals surface area contributed by atoms with Crippen LogP contribution in [-0.2, 0) is 0 Å². The summed E-state index contributed by atoms with van der Waals surface area (Å²) in [6.07, 6.45) is 4.39. The first-order chi connectivity index (χ1) is 4.31. The van der Waals surface area contributed by atoms with Crippen LogP contribution in [0.1, 0.15) is 25.7 Å². The molecule has 0 amide bonds. The van der Waals surface area contributed by atoms with E-state index in [1.54, 1.807) is 0 Å². The number of rotatable bonds is 0. The van der Waals surface area contributed by atoms with Crippen LogP contribution in [0.2, 0.25) is 0 Å². The van der Waals surface area contributed by atoms with Gasteiger partial charge in [-0.25, -0.2) is 0 Å². The first kappa shape index (κ1) is 5.35. The average molecular weight is 125 g/mol. The van der Waals surface area contributed by atoms with Crippen LogP contribution in [0, 0.1) is 0 Å². The van der Waals surface area contributed by atoms with Crippen LogP contribution in [0.3, 0.4) is 0 Å². The molecule has 1 aliphatic carbocycles. The molecule has 0 bridgehead atoms. The Morgan fingerprint density at radius 3 is 2.22 bits per heavy atom. The molecule has 0 aromatic rings. The molecule has 0 radical (unpaired) electrons. The molecule has 2 N–H and O–H groups in total. The van der Waals surface area contributed by atoms with E-state index in [9.17, 15) is 0 Å². The van der Waals surface area contributed by atoms with Gasteiger partial charge in [-0.2, -0.15) is 10.2 Å². The lowest BCUT2D eigenvalue weighted by molar-refractivity contribution is 0.357. The second kappa shape index (κ2) is 1.53. The molecule has 0 atom stereocenters. The number of hydrogen-bond acceptors (Lipinski definition) is 3. The Morgan fingerprint density at radius 1 is 1.22 bits per heavy atom. The molecular formula is C6H11N3. The molecule has 0 aromatic heterocycles. The van der Waals surface area contributed by atoms with Crippen molar-refractivity contribution in [1.82, 2.24) is 0 Å². The fourth-order valence-electron chi connectivity index (χ4n) is 1.37. The van der Waals surface area contributed by atoms with Gasteiger partial charge in [0.25, 0.3) is 0 Å². The van der Waals surface area contributed by atoms with Gasteiger partial charge in [0.1, 0.15) is 0 Å². The summed E-state index contributed by atoms with van der Waals surface area (Å²) in [5.41, 5.74) is 5.78. The first-order valence-electron chi connectivity index (χ1n) is 3.50. The first-order valence-corrected chi connectivity index (χ1v) is 3.50. The Labute approximate surface area is 54.3 Å². The Kier molecular flexibility index (Phi) is 0.913. The monoisotopic (exact) mass is 125 g/mol. The van der Waals surface area contributed by atoms with Crippen LogP contribution in [0.15, 0.2) is 10.2 Å². The fourth-order valence-corrected chi connectivity index (χ4v) is 1.37. The van der Waals surface area contributed by atoms with E-state index in [1.807, 2.05) is 0 Å². The topological polar surface area (TPSA) is 50.7 Å². The van der Waals surface area contributed by atoms with Gasteiger partial charge in [-0.15, -0.1) is 0 Å². The minimum atomic E-state index is 0.0792. The maximum absolute atomic E-state index is 5.70. The third kappa shape index (κ3) is 0.852. The van der Waals surface area contributed by atoms with Crippen LogP contribution in [-0.4, -0.2) is 11.7 Å². The van der Waals surface area contributed by atoms with Crippen LogP contribution < -0.4 is 5.73 Å². The van der Waals surface area contributed by atoms with Crippen molar-refractivity contribution >= 4 is 0 Å². The van der Waals surface area contributed by atoms with Crippen molar-refractivity contribution in [2.75, 3.05) is 0 Å². The van der Waals surface area contributed by atoms with E-state index < -0.39 is 0 Å². The summed E-state index contributed by atoms with van der Waals surface area (Å²) < 4.78 is 0. The molecule has 50 valence electrons. The summed E-state index contributed by atoms with van der Waals surface area (Å²) in [7, 11) is 0. The van der Waals surface area contributed by atoms with Gasteiger partial charge in [-0.05, 0) is 25.7 Å². The highest BCUT2D eigenvalue weighted by atomic mass is 15.4. The highest BCUT2D eigenvalue weighted by molar-refractivity contribution is 4.97.